The lowest BCUT2D eigenvalue weighted by Crippen LogP contribution is -2.46. The topological polar surface area (TPSA) is 46.2 Å². The first kappa shape index (κ1) is 15.5. The SMILES string of the molecule is CCCC(N)C1(Cc2ccc(F)cc2)CCC(O)CC1. The largest absolute Gasteiger partial charge is 0.393 e. The first-order chi connectivity index (χ1) is 9.55. The van der Waals surface area contributed by atoms with Crippen LogP contribution in [0.5, 0.6) is 0 Å². The second-order valence-electron chi connectivity index (χ2n) is 6.29. The second-order valence-corrected chi connectivity index (χ2v) is 6.29. The maximum Gasteiger partial charge on any atom is 0.123 e. The van der Waals surface area contributed by atoms with Crippen LogP contribution in [0.15, 0.2) is 24.3 Å². The van der Waals surface area contributed by atoms with Crippen molar-refractivity contribution in [3.63, 3.8) is 0 Å². The van der Waals surface area contributed by atoms with Crippen molar-refractivity contribution in [3.8, 4) is 0 Å². The fraction of sp³-hybridized carbons (Fsp3) is 0.647. The molecule has 0 radical (unpaired) electrons. The van der Waals surface area contributed by atoms with E-state index in [9.17, 15) is 9.50 Å². The van der Waals surface area contributed by atoms with Crippen molar-refractivity contribution in [2.75, 3.05) is 0 Å². The van der Waals surface area contributed by atoms with Gasteiger partial charge >= 0.3 is 0 Å². The van der Waals surface area contributed by atoms with Crippen LogP contribution >= 0.6 is 0 Å². The molecule has 1 atom stereocenters. The molecule has 0 aromatic heterocycles. The third-order valence-electron chi connectivity index (χ3n) is 4.81. The highest BCUT2D eigenvalue weighted by Gasteiger charge is 2.39. The normalized spacial score (nSPS) is 28.3. The molecule has 1 unspecified atom stereocenters. The predicted molar refractivity (Wildman–Crippen MR) is 79.9 cm³/mol. The van der Waals surface area contributed by atoms with E-state index in [1.165, 1.54) is 12.1 Å². The first-order valence-electron chi connectivity index (χ1n) is 7.74. The van der Waals surface area contributed by atoms with E-state index < -0.39 is 0 Å². The molecule has 112 valence electrons. The number of hydrogen-bond donors (Lipinski definition) is 2. The summed E-state index contributed by atoms with van der Waals surface area (Å²) < 4.78 is 13.0. The van der Waals surface area contributed by atoms with Gasteiger partial charge in [-0.05, 0) is 61.6 Å². The molecule has 3 N–H and O–H groups in total. The molecule has 3 heteroatoms. The highest BCUT2D eigenvalue weighted by Crippen LogP contribution is 2.42. The van der Waals surface area contributed by atoms with Gasteiger partial charge in [0, 0.05) is 6.04 Å². The zero-order chi connectivity index (χ0) is 14.6. The molecule has 1 aromatic carbocycles. The van der Waals surface area contributed by atoms with Crippen LogP contribution in [0.1, 0.15) is 51.0 Å². The van der Waals surface area contributed by atoms with E-state index in [-0.39, 0.29) is 23.4 Å². The molecular formula is C17H26FNO. The fourth-order valence-corrected chi connectivity index (χ4v) is 3.48. The number of rotatable bonds is 5. The van der Waals surface area contributed by atoms with Gasteiger partial charge in [0.1, 0.15) is 5.82 Å². The molecule has 0 bridgehead atoms. The molecule has 1 aliphatic rings. The van der Waals surface area contributed by atoms with Crippen LogP contribution in [0.3, 0.4) is 0 Å². The van der Waals surface area contributed by atoms with Crippen molar-refractivity contribution in [3.05, 3.63) is 35.6 Å². The van der Waals surface area contributed by atoms with E-state index >= 15 is 0 Å². The van der Waals surface area contributed by atoms with E-state index in [1.807, 2.05) is 12.1 Å². The Hall–Kier alpha value is -0.930. The molecular weight excluding hydrogens is 253 g/mol. The standard InChI is InChI=1S/C17H26FNO/c1-2-3-16(19)17(10-8-15(20)9-11-17)12-13-4-6-14(18)7-5-13/h4-7,15-16,20H,2-3,8-12,19H2,1H3. The second kappa shape index (κ2) is 6.68. The zero-order valence-electron chi connectivity index (χ0n) is 12.3. The van der Waals surface area contributed by atoms with E-state index in [1.54, 1.807) is 0 Å². The third-order valence-corrected chi connectivity index (χ3v) is 4.81. The average molecular weight is 279 g/mol. The average Bonchev–Trinajstić information content (AvgIpc) is 2.44. The number of hydrogen-bond acceptors (Lipinski definition) is 2. The Labute approximate surface area is 121 Å². The molecule has 2 rings (SSSR count). The maximum atomic E-state index is 13.0. The van der Waals surface area contributed by atoms with E-state index in [0.29, 0.717) is 0 Å². The van der Waals surface area contributed by atoms with Gasteiger partial charge in [-0.2, -0.15) is 0 Å². The van der Waals surface area contributed by atoms with Gasteiger partial charge in [-0.1, -0.05) is 25.5 Å². The fourth-order valence-electron chi connectivity index (χ4n) is 3.48. The van der Waals surface area contributed by atoms with Gasteiger partial charge in [0.25, 0.3) is 0 Å². The van der Waals surface area contributed by atoms with Crippen molar-refractivity contribution in [1.82, 2.24) is 0 Å². The van der Waals surface area contributed by atoms with Gasteiger partial charge in [0.15, 0.2) is 0 Å². The summed E-state index contributed by atoms with van der Waals surface area (Å²) in [6.45, 7) is 2.16. The zero-order valence-corrected chi connectivity index (χ0v) is 12.3. The molecule has 0 heterocycles. The number of benzene rings is 1. The van der Waals surface area contributed by atoms with Crippen LogP contribution in [0.25, 0.3) is 0 Å². The lowest BCUT2D eigenvalue weighted by Gasteiger charge is -2.43. The Morgan fingerprint density at radius 1 is 1.30 bits per heavy atom. The number of aliphatic hydroxyl groups excluding tert-OH is 1. The Morgan fingerprint density at radius 2 is 1.90 bits per heavy atom. The Kier molecular flexibility index (Phi) is 5.17. The summed E-state index contributed by atoms with van der Waals surface area (Å²) in [5.41, 5.74) is 7.67. The lowest BCUT2D eigenvalue weighted by molar-refractivity contribution is 0.0448. The minimum absolute atomic E-state index is 0.0626. The monoisotopic (exact) mass is 279 g/mol. The predicted octanol–water partition coefficient (Wildman–Crippen LogP) is 3.42. The Bertz CT molecular complexity index is 410. The van der Waals surface area contributed by atoms with Crippen LogP contribution in [0.4, 0.5) is 4.39 Å². The smallest absolute Gasteiger partial charge is 0.123 e. The molecule has 0 amide bonds. The van der Waals surface area contributed by atoms with Gasteiger partial charge in [-0.3, -0.25) is 0 Å². The van der Waals surface area contributed by atoms with Gasteiger partial charge < -0.3 is 10.8 Å². The summed E-state index contributed by atoms with van der Waals surface area (Å²) in [6, 6.07) is 6.92. The van der Waals surface area contributed by atoms with E-state index in [0.717, 1.165) is 50.5 Å². The van der Waals surface area contributed by atoms with Crippen molar-refractivity contribution < 1.29 is 9.50 Å². The number of aliphatic hydroxyl groups is 1. The summed E-state index contributed by atoms with van der Waals surface area (Å²) >= 11 is 0. The highest BCUT2D eigenvalue weighted by atomic mass is 19.1. The lowest BCUT2D eigenvalue weighted by atomic mass is 9.64. The Balaban J connectivity index is 2.15. The Morgan fingerprint density at radius 3 is 2.45 bits per heavy atom. The highest BCUT2D eigenvalue weighted by molar-refractivity contribution is 5.19. The van der Waals surface area contributed by atoms with Crippen LogP contribution in [-0.4, -0.2) is 17.3 Å². The van der Waals surface area contributed by atoms with Gasteiger partial charge in [0.2, 0.25) is 0 Å². The van der Waals surface area contributed by atoms with Gasteiger partial charge in [-0.25, -0.2) is 4.39 Å². The molecule has 1 aliphatic carbocycles. The minimum Gasteiger partial charge on any atom is -0.393 e. The van der Waals surface area contributed by atoms with Crippen LogP contribution in [0, 0.1) is 11.2 Å². The maximum absolute atomic E-state index is 13.0. The number of nitrogens with two attached hydrogens (primary N) is 1. The van der Waals surface area contributed by atoms with Gasteiger partial charge in [0.05, 0.1) is 6.10 Å². The number of halogens is 1. The molecule has 0 spiro atoms. The molecule has 0 aliphatic heterocycles. The van der Waals surface area contributed by atoms with Crippen LogP contribution in [-0.2, 0) is 6.42 Å². The molecule has 1 aromatic rings. The van der Waals surface area contributed by atoms with Crippen LogP contribution < -0.4 is 5.73 Å². The summed E-state index contributed by atoms with van der Waals surface area (Å²) in [5, 5.41) is 9.77. The summed E-state index contributed by atoms with van der Waals surface area (Å²) in [7, 11) is 0. The van der Waals surface area contributed by atoms with Gasteiger partial charge in [-0.15, -0.1) is 0 Å². The van der Waals surface area contributed by atoms with Crippen LogP contribution in [0.2, 0.25) is 0 Å². The third kappa shape index (κ3) is 3.58. The van der Waals surface area contributed by atoms with E-state index in [4.69, 9.17) is 5.73 Å². The molecule has 1 fully saturated rings. The summed E-state index contributed by atoms with van der Waals surface area (Å²) in [5.74, 6) is -0.195. The summed E-state index contributed by atoms with van der Waals surface area (Å²) in [4.78, 5) is 0. The molecule has 2 nitrogen and oxygen atoms in total. The van der Waals surface area contributed by atoms with E-state index in [2.05, 4.69) is 6.92 Å². The molecule has 1 saturated carbocycles. The van der Waals surface area contributed by atoms with Crippen molar-refractivity contribution >= 4 is 0 Å². The minimum atomic E-state index is -0.195. The summed E-state index contributed by atoms with van der Waals surface area (Å²) in [6.07, 6.45) is 6.40. The quantitative estimate of drug-likeness (QED) is 0.867. The van der Waals surface area contributed by atoms with Crippen molar-refractivity contribution in [2.45, 2.75) is 64.0 Å². The van der Waals surface area contributed by atoms with Crippen molar-refractivity contribution in [1.29, 1.82) is 0 Å². The first-order valence-corrected chi connectivity index (χ1v) is 7.74. The molecule has 0 saturated heterocycles. The molecule has 20 heavy (non-hydrogen) atoms. The van der Waals surface area contributed by atoms with Crippen molar-refractivity contribution in [2.24, 2.45) is 11.1 Å².